The minimum atomic E-state index is -1.09. The van der Waals surface area contributed by atoms with Crippen molar-refractivity contribution < 1.29 is 33.3 Å². The summed E-state index contributed by atoms with van der Waals surface area (Å²) < 4.78 is 30.3. The molecule has 0 bridgehead atoms. The lowest BCUT2D eigenvalue weighted by Gasteiger charge is -2.25. The van der Waals surface area contributed by atoms with Gasteiger partial charge in [0.2, 0.25) is 10.9 Å². The second kappa shape index (κ2) is 13.1. The van der Waals surface area contributed by atoms with E-state index in [1.165, 1.54) is 56.2 Å². The van der Waals surface area contributed by atoms with E-state index in [4.69, 9.17) is 14.2 Å². The first-order chi connectivity index (χ1) is 20.8. The fourth-order valence-electron chi connectivity index (χ4n) is 4.54. The van der Waals surface area contributed by atoms with Gasteiger partial charge in [0.25, 0.3) is 5.91 Å². The van der Waals surface area contributed by atoms with Gasteiger partial charge in [-0.05, 0) is 47.0 Å². The molecule has 1 aromatic heterocycles. The number of benzene rings is 3. The highest BCUT2D eigenvalue weighted by Gasteiger charge is 2.46. The third-order valence-corrected chi connectivity index (χ3v) is 8.71. The van der Waals surface area contributed by atoms with E-state index in [2.05, 4.69) is 10.2 Å². The van der Waals surface area contributed by atoms with Crippen molar-refractivity contribution in [2.45, 2.75) is 16.1 Å². The summed E-state index contributed by atoms with van der Waals surface area (Å²) in [7, 11) is 4.37. The van der Waals surface area contributed by atoms with Crippen LogP contribution in [-0.4, -0.2) is 48.3 Å². The maximum Gasteiger partial charge on any atom is 0.296 e. The number of hydrogen-bond donors (Lipinski definition) is 1. The summed E-state index contributed by atoms with van der Waals surface area (Å²) in [4.78, 5) is 28.4. The van der Waals surface area contributed by atoms with Crippen molar-refractivity contribution in [2.24, 2.45) is 0 Å². The molecule has 1 aliphatic heterocycles. The average molecular weight is 620 g/mol. The van der Waals surface area contributed by atoms with Crippen LogP contribution in [0.4, 0.5) is 9.52 Å². The highest BCUT2D eigenvalue weighted by molar-refractivity contribution is 8.00. The van der Waals surface area contributed by atoms with Gasteiger partial charge in [-0.15, -0.1) is 10.2 Å². The molecular formula is C31H26FN3O6S2. The quantitative estimate of drug-likeness (QED) is 0.120. The summed E-state index contributed by atoms with van der Waals surface area (Å²) in [6.07, 6.45) is 2.92. The van der Waals surface area contributed by atoms with Gasteiger partial charge >= 0.3 is 0 Å². The third-order valence-electron chi connectivity index (χ3n) is 6.58. The molecule has 1 aliphatic rings. The minimum absolute atomic E-state index is 0.137. The monoisotopic (exact) mass is 619 g/mol. The molecule has 3 aromatic carbocycles. The number of halogens is 1. The van der Waals surface area contributed by atoms with Gasteiger partial charge in [0, 0.05) is 5.75 Å². The van der Waals surface area contributed by atoms with Crippen molar-refractivity contribution in [1.29, 1.82) is 0 Å². The van der Waals surface area contributed by atoms with Crippen LogP contribution in [0.25, 0.3) is 6.08 Å². The Labute approximate surface area is 255 Å². The van der Waals surface area contributed by atoms with Gasteiger partial charge in [-0.25, -0.2) is 4.39 Å². The molecule has 2 heterocycles. The van der Waals surface area contributed by atoms with E-state index in [0.717, 1.165) is 22.5 Å². The lowest BCUT2D eigenvalue weighted by molar-refractivity contribution is -0.117. The van der Waals surface area contributed by atoms with Gasteiger partial charge in [0.1, 0.15) is 5.82 Å². The molecule has 43 heavy (non-hydrogen) atoms. The van der Waals surface area contributed by atoms with Gasteiger partial charge in [-0.3, -0.25) is 14.5 Å². The van der Waals surface area contributed by atoms with Crippen molar-refractivity contribution in [2.75, 3.05) is 26.2 Å². The number of allylic oxidation sites excluding steroid dienone is 1. The molecule has 1 atom stereocenters. The summed E-state index contributed by atoms with van der Waals surface area (Å²) in [5.74, 6) is -0.967. The van der Waals surface area contributed by atoms with Crippen LogP contribution in [0.3, 0.4) is 0 Å². The fraction of sp³-hybridized carbons (Fsp3) is 0.161. The van der Waals surface area contributed by atoms with Crippen LogP contribution in [0.5, 0.6) is 17.2 Å². The molecule has 5 rings (SSSR count). The van der Waals surface area contributed by atoms with Crippen LogP contribution in [-0.2, 0) is 15.3 Å². The number of rotatable bonds is 11. The van der Waals surface area contributed by atoms with E-state index < -0.39 is 23.5 Å². The predicted molar refractivity (Wildman–Crippen MR) is 162 cm³/mol. The van der Waals surface area contributed by atoms with E-state index >= 15 is 0 Å². The smallest absolute Gasteiger partial charge is 0.296 e. The van der Waals surface area contributed by atoms with Crippen molar-refractivity contribution >= 4 is 46.0 Å². The molecule has 0 spiro atoms. The standard InChI is InChI=1S/C31H26FN3O6S2/c1-39-23-15-20(16-24(40-2)28(23)41-3)26-25(22(36)14-11-18-7-5-4-6-8-18)27(37)29(38)35(26)30-33-34-31(43-30)42-17-19-9-12-21(32)13-10-19/h4-16,26,37H,17H2,1-3H3. The zero-order valence-electron chi connectivity index (χ0n) is 23.3. The van der Waals surface area contributed by atoms with Crippen LogP contribution in [0.1, 0.15) is 22.7 Å². The zero-order chi connectivity index (χ0) is 30.5. The van der Waals surface area contributed by atoms with Crippen molar-refractivity contribution in [3.05, 3.63) is 107 Å². The second-order valence-electron chi connectivity index (χ2n) is 9.17. The Bertz CT molecular complexity index is 1680. The van der Waals surface area contributed by atoms with Gasteiger partial charge in [0.15, 0.2) is 27.4 Å². The van der Waals surface area contributed by atoms with E-state index in [-0.39, 0.29) is 16.5 Å². The highest BCUT2D eigenvalue weighted by atomic mass is 32.2. The van der Waals surface area contributed by atoms with Gasteiger partial charge in [0.05, 0.1) is 32.9 Å². The number of hydrogen-bond acceptors (Lipinski definition) is 10. The summed E-state index contributed by atoms with van der Waals surface area (Å²) in [6.45, 7) is 0. The lowest BCUT2D eigenvalue weighted by atomic mass is 9.95. The van der Waals surface area contributed by atoms with Gasteiger partial charge < -0.3 is 19.3 Å². The van der Waals surface area contributed by atoms with Crippen molar-refractivity contribution in [3.8, 4) is 17.2 Å². The molecule has 12 heteroatoms. The normalized spacial score (nSPS) is 14.9. The lowest BCUT2D eigenvalue weighted by Crippen LogP contribution is -2.31. The number of amides is 1. The second-order valence-corrected chi connectivity index (χ2v) is 11.4. The van der Waals surface area contributed by atoms with Crippen molar-refractivity contribution in [1.82, 2.24) is 10.2 Å². The Kier molecular flexibility index (Phi) is 9.07. The maximum absolute atomic E-state index is 13.6. The Balaban J connectivity index is 1.54. The molecular weight excluding hydrogens is 593 g/mol. The molecule has 0 fully saturated rings. The van der Waals surface area contributed by atoms with Gasteiger partial charge in [-0.2, -0.15) is 0 Å². The highest BCUT2D eigenvalue weighted by Crippen LogP contribution is 2.47. The summed E-state index contributed by atoms with van der Waals surface area (Å²) in [5.41, 5.74) is 1.93. The van der Waals surface area contributed by atoms with E-state index in [9.17, 15) is 19.1 Å². The number of ether oxygens (including phenoxy) is 3. The first-order valence-corrected chi connectivity index (χ1v) is 14.7. The van der Waals surface area contributed by atoms with Crippen LogP contribution >= 0.6 is 23.1 Å². The molecule has 1 unspecified atom stereocenters. The molecule has 220 valence electrons. The van der Waals surface area contributed by atoms with Crippen LogP contribution in [0.15, 0.2) is 88.5 Å². The largest absolute Gasteiger partial charge is 0.503 e. The molecule has 4 aromatic rings. The number of aliphatic hydroxyl groups is 1. The number of carbonyl (C=O) groups is 2. The first-order valence-electron chi connectivity index (χ1n) is 12.9. The predicted octanol–water partition coefficient (Wildman–Crippen LogP) is 6.18. The Hall–Kier alpha value is -4.68. The Morgan fingerprint density at radius 1 is 1.02 bits per heavy atom. The fourth-order valence-corrected chi connectivity index (χ4v) is 6.36. The molecule has 9 nitrogen and oxygen atoms in total. The SMILES string of the molecule is COc1cc(C2C(C(=O)C=Cc3ccccc3)=C(O)C(=O)N2c2nnc(SCc3ccc(F)cc3)s2)cc(OC)c1OC. The zero-order valence-corrected chi connectivity index (χ0v) is 24.9. The van der Waals surface area contributed by atoms with Crippen LogP contribution in [0.2, 0.25) is 0 Å². The molecule has 0 saturated heterocycles. The molecule has 0 saturated carbocycles. The molecule has 1 amide bonds. The average Bonchev–Trinajstić information content (AvgIpc) is 3.60. The van der Waals surface area contributed by atoms with Crippen LogP contribution in [0, 0.1) is 5.82 Å². The number of aliphatic hydroxyl groups excluding tert-OH is 1. The third kappa shape index (κ3) is 6.25. The number of methoxy groups -OCH3 is 3. The van der Waals surface area contributed by atoms with E-state index in [1.54, 1.807) is 30.3 Å². The first kappa shape index (κ1) is 29.8. The summed E-state index contributed by atoms with van der Waals surface area (Å²) >= 11 is 2.49. The topological polar surface area (TPSA) is 111 Å². The van der Waals surface area contributed by atoms with Crippen molar-refractivity contribution in [3.63, 3.8) is 0 Å². The maximum atomic E-state index is 13.6. The number of thioether (sulfide) groups is 1. The molecule has 1 N–H and O–H groups in total. The van der Waals surface area contributed by atoms with E-state index in [0.29, 0.717) is 32.9 Å². The van der Waals surface area contributed by atoms with E-state index in [1.807, 2.05) is 30.3 Å². The summed E-state index contributed by atoms with van der Waals surface area (Å²) in [5, 5.41) is 19.7. The number of aromatic nitrogens is 2. The summed E-state index contributed by atoms with van der Waals surface area (Å²) in [6, 6.07) is 17.4. The van der Waals surface area contributed by atoms with Gasteiger partial charge in [-0.1, -0.05) is 71.6 Å². The number of anilines is 1. The molecule has 0 aliphatic carbocycles. The number of nitrogens with zero attached hydrogens (tertiary/aromatic N) is 3. The Morgan fingerprint density at radius 2 is 1.70 bits per heavy atom. The molecule has 0 radical (unpaired) electrons. The van der Waals surface area contributed by atoms with Crippen LogP contribution < -0.4 is 19.1 Å². The Morgan fingerprint density at radius 3 is 2.33 bits per heavy atom. The number of ketones is 1. The minimum Gasteiger partial charge on any atom is -0.503 e. The number of carbonyl (C=O) groups excluding carboxylic acids is 2.